The summed E-state index contributed by atoms with van der Waals surface area (Å²) < 4.78 is 11.7. The first-order valence-electron chi connectivity index (χ1n) is 13.9. The Labute approximate surface area is 246 Å². The van der Waals surface area contributed by atoms with Crippen molar-refractivity contribution in [1.82, 2.24) is 5.32 Å². The number of carboxylic acids is 1. The van der Waals surface area contributed by atoms with E-state index in [1.54, 1.807) is 31.2 Å². The number of carbonyl (C=O) groups excluding carboxylic acids is 1. The van der Waals surface area contributed by atoms with Crippen LogP contribution >= 0.6 is 0 Å². The third-order valence-electron chi connectivity index (χ3n) is 6.44. The van der Waals surface area contributed by atoms with Gasteiger partial charge in [0.05, 0.1) is 13.2 Å². The Balaban J connectivity index is 1.17. The summed E-state index contributed by atoms with van der Waals surface area (Å²) in [6.07, 6.45) is 6.55. The number of allylic oxidation sites excluding steroid dienone is 2. The molecular formula is C36H35NO5. The Bertz CT molecular complexity index is 1480. The van der Waals surface area contributed by atoms with Crippen molar-refractivity contribution in [1.29, 1.82) is 0 Å². The molecule has 0 aliphatic rings. The fourth-order valence-electron chi connectivity index (χ4n) is 4.23. The molecule has 4 rings (SSSR count). The van der Waals surface area contributed by atoms with Crippen LogP contribution in [0.5, 0.6) is 11.5 Å². The van der Waals surface area contributed by atoms with Crippen molar-refractivity contribution in [2.24, 2.45) is 0 Å². The molecule has 6 heteroatoms. The van der Waals surface area contributed by atoms with Crippen LogP contribution in [0.1, 0.15) is 40.4 Å². The van der Waals surface area contributed by atoms with E-state index < -0.39 is 12.0 Å². The minimum Gasteiger partial charge on any atom is -0.493 e. The van der Waals surface area contributed by atoms with Gasteiger partial charge in [0.2, 0.25) is 0 Å². The molecular weight excluding hydrogens is 526 g/mol. The van der Waals surface area contributed by atoms with Crippen molar-refractivity contribution in [3.8, 4) is 11.5 Å². The summed E-state index contributed by atoms with van der Waals surface area (Å²) in [4.78, 5) is 24.2. The first-order valence-corrected chi connectivity index (χ1v) is 13.9. The smallest absolute Gasteiger partial charge is 0.326 e. The maximum atomic E-state index is 12.4. The highest BCUT2D eigenvalue weighted by Gasteiger charge is 2.18. The molecule has 4 aromatic carbocycles. The SMILES string of the molecule is C/C(=C\C(=O)c1ccccc1)NC(Cc1ccc(OCCCOc2ccc(/C=C/c3ccccc3)cc2)cc1)C(=O)O. The van der Waals surface area contributed by atoms with E-state index >= 15 is 0 Å². The van der Waals surface area contributed by atoms with Gasteiger partial charge in [-0.3, -0.25) is 4.79 Å². The first kappa shape index (κ1) is 29.9. The molecule has 1 unspecified atom stereocenters. The Kier molecular flexibility index (Phi) is 11.1. The molecule has 0 aromatic heterocycles. The van der Waals surface area contributed by atoms with E-state index in [0.29, 0.717) is 30.2 Å². The second-order valence-corrected chi connectivity index (χ2v) is 9.80. The van der Waals surface area contributed by atoms with E-state index in [0.717, 1.165) is 28.9 Å². The number of aliphatic carboxylic acids is 1. The van der Waals surface area contributed by atoms with Gasteiger partial charge in [0, 0.05) is 30.2 Å². The van der Waals surface area contributed by atoms with Crippen LogP contribution in [0.3, 0.4) is 0 Å². The normalized spacial score (nSPS) is 12.1. The fraction of sp³-hybridized carbons (Fsp3) is 0.167. The highest BCUT2D eigenvalue weighted by atomic mass is 16.5. The third kappa shape index (κ3) is 9.82. The summed E-state index contributed by atoms with van der Waals surface area (Å²) in [5.74, 6) is 0.347. The van der Waals surface area contributed by atoms with Gasteiger partial charge in [0.1, 0.15) is 17.5 Å². The molecule has 0 radical (unpaired) electrons. The number of hydrogen-bond acceptors (Lipinski definition) is 5. The van der Waals surface area contributed by atoms with Crippen molar-refractivity contribution in [2.45, 2.75) is 25.8 Å². The van der Waals surface area contributed by atoms with Gasteiger partial charge < -0.3 is 19.9 Å². The van der Waals surface area contributed by atoms with Crippen molar-refractivity contribution in [2.75, 3.05) is 13.2 Å². The lowest BCUT2D eigenvalue weighted by Gasteiger charge is -2.16. The highest BCUT2D eigenvalue weighted by Crippen LogP contribution is 2.17. The molecule has 214 valence electrons. The summed E-state index contributed by atoms with van der Waals surface area (Å²) in [5, 5.41) is 12.7. The van der Waals surface area contributed by atoms with Crippen molar-refractivity contribution in [3.05, 3.63) is 143 Å². The average molecular weight is 562 g/mol. The number of carboxylic acid groups (broad SMARTS) is 1. The number of carbonyl (C=O) groups is 2. The summed E-state index contributed by atoms with van der Waals surface area (Å²) in [6.45, 7) is 2.72. The number of rotatable bonds is 15. The predicted molar refractivity (Wildman–Crippen MR) is 167 cm³/mol. The van der Waals surface area contributed by atoms with Crippen molar-refractivity contribution < 1.29 is 24.2 Å². The molecule has 6 nitrogen and oxygen atoms in total. The average Bonchev–Trinajstić information content (AvgIpc) is 3.01. The van der Waals surface area contributed by atoms with Gasteiger partial charge in [-0.05, 0) is 47.9 Å². The Morgan fingerprint density at radius 3 is 1.83 bits per heavy atom. The third-order valence-corrected chi connectivity index (χ3v) is 6.44. The molecule has 0 bridgehead atoms. The van der Waals surface area contributed by atoms with Gasteiger partial charge in [-0.15, -0.1) is 0 Å². The van der Waals surface area contributed by atoms with Crippen LogP contribution in [0.15, 0.2) is 121 Å². The lowest BCUT2D eigenvalue weighted by Crippen LogP contribution is -2.37. The van der Waals surface area contributed by atoms with Gasteiger partial charge in [0.25, 0.3) is 0 Å². The molecule has 0 saturated heterocycles. The predicted octanol–water partition coefficient (Wildman–Crippen LogP) is 7.08. The lowest BCUT2D eigenvalue weighted by molar-refractivity contribution is -0.139. The first-order chi connectivity index (χ1) is 20.5. The standard InChI is InChI=1S/C36H35NO5/c1-27(25-35(38)31-11-6-3-7-12-31)37-34(36(39)40)26-30-17-21-33(22-18-30)42-24-8-23-41-32-19-15-29(16-20-32)14-13-28-9-4-2-5-10-28/h2-7,9-22,25,34,37H,8,23-24,26H2,1H3,(H,39,40)/b14-13+,27-25+. The zero-order chi connectivity index (χ0) is 29.6. The van der Waals surface area contributed by atoms with Crippen LogP contribution in [-0.2, 0) is 11.2 Å². The van der Waals surface area contributed by atoms with E-state index in [1.165, 1.54) is 6.08 Å². The lowest BCUT2D eigenvalue weighted by atomic mass is 10.1. The summed E-state index contributed by atoms with van der Waals surface area (Å²) >= 11 is 0. The number of ketones is 1. The quantitative estimate of drug-likeness (QED) is 0.0699. The molecule has 0 heterocycles. The van der Waals surface area contributed by atoms with Crippen LogP contribution in [0.2, 0.25) is 0 Å². The van der Waals surface area contributed by atoms with E-state index in [2.05, 4.69) is 29.6 Å². The molecule has 0 saturated carbocycles. The largest absolute Gasteiger partial charge is 0.493 e. The second kappa shape index (κ2) is 15.6. The zero-order valence-corrected chi connectivity index (χ0v) is 23.6. The number of hydrogen-bond donors (Lipinski definition) is 2. The molecule has 0 fully saturated rings. The van der Waals surface area contributed by atoms with E-state index in [4.69, 9.17) is 9.47 Å². The summed E-state index contributed by atoms with van der Waals surface area (Å²) in [5.41, 5.74) is 4.15. The molecule has 1 atom stereocenters. The number of ether oxygens (including phenoxy) is 2. The van der Waals surface area contributed by atoms with Crippen molar-refractivity contribution >= 4 is 23.9 Å². The Hall–Kier alpha value is -5.10. The van der Waals surface area contributed by atoms with E-state index in [1.807, 2.05) is 72.8 Å². The highest BCUT2D eigenvalue weighted by molar-refractivity contribution is 6.04. The van der Waals surface area contributed by atoms with Gasteiger partial charge in [-0.25, -0.2) is 4.79 Å². The van der Waals surface area contributed by atoms with Gasteiger partial charge in [-0.1, -0.05) is 97.1 Å². The molecule has 42 heavy (non-hydrogen) atoms. The minimum atomic E-state index is -0.992. The van der Waals surface area contributed by atoms with Crippen LogP contribution < -0.4 is 14.8 Å². The molecule has 0 aliphatic carbocycles. The maximum absolute atomic E-state index is 12.4. The fourth-order valence-corrected chi connectivity index (χ4v) is 4.23. The van der Waals surface area contributed by atoms with Crippen LogP contribution in [0, 0.1) is 0 Å². The molecule has 0 spiro atoms. The Morgan fingerprint density at radius 2 is 1.26 bits per heavy atom. The van der Waals surface area contributed by atoms with Crippen LogP contribution in [0.25, 0.3) is 12.2 Å². The Morgan fingerprint density at radius 1 is 0.738 bits per heavy atom. The monoisotopic (exact) mass is 561 g/mol. The van der Waals surface area contributed by atoms with Gasteiger partial charge >= 0.3 is 5.97 Å². The minimum absolute atomic E-state index is 0.179. The zero-order valence-electron chi connectivity index (χ0n) is 23.6. The van der Waals surface area contributed by atoms with Crippen LogP contribution in [-0.4, -0.2) is 36.1 Å². The molecule has 0 amide bonds. The van der Waals surface area contributed by atoms with Gasteiger partial charge in [-0.2, -0.15) is 0 Å². The molecule has 4 aromatic rings. The van der Waals surface area contributed by atoms with Crippen LogP contribution in [0.4, 0.5) is 0 Å². The number of benzene rings is 4. The van der Waals surface area contributed by atoms with Gasteiger partial charge in [0.15, 0.2) is 5.78 Å². The van der Waals surface area contributed by atoms with Crippen molar-refractivity contribution in [3.63, 3.8) is 0 Å². The topological polar surface area (TPSA) is 84.9 Å². The van der Waals surface area contributed by atoms with E-state index in [-0.39, 0.29) is 12.2 Å². The number of nitrogens with one attached hydrogen (secondary N) is 1. The summed E-state index contributed by atoms with van der Waals surface area (Å²) in [7, 11) is 0. The molecule has 2 N–H and O–H groups in total. The molecule has 0 aliphatic heterocycles. The summed E-state index contributed by atoms with van der Waals surface area (Å²) in [6, 6.07) is 33.5. The second-order valence-electron chi connectivity index (χ2n) is 9.80. The van der Waals surface area contributed by atoms with E-state index in [9.17, 15) is 14.7 Å². The maximum Gasteiger partial charge on any atom is 0.326 e.